The highest BCUT2D eigenvalue weighted by Gasteiger charge is 2.35. The Morgan fingerprint density at radius 2 is 1.91 bits per heavy atom. The van der Waals surface area contributed by atoms with Gasteiger partial charge in [0.15, 0.2) is 5.69 Å². The fourth-order valence-electron chi connectivity index (χ4n) is 4.06. The summed E-state index contributed by atoms with van der Waals surface area (Å²) >= 11 is 0.806. The maximum atomic E-state index is 13.8. The monoisotopic (exact) mass is 473 g/mol. The second-order valence-corrected chi connectivity index (χ2v) is 8.93. The van der Waals surface area contributed by atoms with E-state index in [1.54, 1.807) is 31.4 Å². The molecule has 0 aliphatic heterocycles. The largest absolute Gasteiger partial charge is 0.497 e. The van der Waals surface area contributed by atoms with Crippen molar-refractivity contribution in [2.75, 3.05) is 17.7 Å². The Morgan fingerprint density at radius 3 is 2.45 bits per heavy atom. The van der Waals surface area contributed by atoms with Crippen LogP contribution in [0.3, 0.4) is 0 Å². The number of unbranched alkanes of at least 4 members (excludes halogenated alkanes) is 1. The Morgan fingerprint density at radius 1 is 1.24 bits per heavy atom. The number of rotatable bonds is 10. The Labute approximate surface area is 197 Å². The number of aromatic nitrogens is 1. The molecule has 1 saturated carbocycles. The molecular weight excluding hydrogens is 442 g/mol. The lowest BCUT2D eigenvalue weighted by Gasteiger charge is -2.32. The van der Waals surface area contributed by atoms with E-state index in [0.717, 1.165) is 50.1 Å². The van der Waals surface area contributed by atoms with Gasteiger partial charge in [-0.25, -0.2) is 0 Å². The third-order valence-electron chi connectivity index (χ3n) is 5.87. The molecule has 1 aliphatic rings. The van der Waals surface area contributed by atoms with Gasteiger partial charge in [0.2, 0.25) is 5.91 Å². The van der Waals surface area contributed by atoms with E-state index < -0.39 is 17.9 Å². The quantitative estimate of drug-likeness (QED) is 0.484. The van der Waals surface area contributed by atoms with Crippen LogP contribution in [-0.4, -0.2) is 41.3 Å². The summed E-state index contributed by atoms with van der Waals surface area (Å²) in [5.41, 5.74) is 11.7. The average Bonchev–Trinajstić information content (AvgIpc) is 3.45. The van der Waals surface area contributed by atoms with Crippen LogP contribution in [-0.2, 0) is 4.79 Å². The van der Waals surface area contributed by atoms with Crippen molar-refractivity contribution in [3.05, 3.63) is 34.8 Å². The van der Waals surface area contributed by atoms with Gasteiger partial charge < -0.3 is 21.5 Å². The maximum absolute atomic E-state index is 13.8. The van der Waals surface area contributed by atoms with Gasteiger partial charge in [0.05, 0.1) is 12.8 Å². The molecule has 1 atom stereocenters. The van der Waals surface area contributed by atoms with Crippen LogP contribution < -0.4 is 26.4 Å². The van der Waals surface area contributed by atoms with Gasteiger partial charge >= 0.3 is 0 Å². The van der Waals surface area contributed by atoms with Crippen molar-refractivity contribution in [2.24, 2.45) is 5.73 Å². The smallest absolute Gasteiger partial charge is 0.272 e. The number of benzene rings is 1. The zero-order chi connectivity index (χ0) is 24.0. The van der Waals surface area contributed by atoms with Crippen molar-refractivity contribution < 1.29 is 19.1 Å². The SMILES string of the molecule is CCCC[C@@H](C(=O)NC1CCCC1)N(C(=O)c1snc(C(N)=O)c1N)c1ccc(OC)cc1. The minimum atomic E-state index is -0.805. The van der Waals surface area contributed by atoms with E-state index in [9.17, 15) is 14.4 Å². The van der Waals surface area contributed by atoms with E-state index in [0.29, 0.717) is 17.9 Å². The summed E-state index contributed by atoms with van der Waals surface area (Å²) in [5.74, 6) is -0.872. The summed E-state index contributed by atoms with van der Waals surface area (Å²) in [5, 5.41) is 3.13. The second-order valence-electron chi connectivity index (χ2n) is 8.16. The predicted octanol–water partition coefficient (Wildman–Crippen LogP) is 3.10. The molecule has 0 unspecified atom stereocenters. The number of carbonyl (C=O) groups excluding carboxylic acids is 3. The van der Waals surface area contributed by atoms with Crippen molar-refractivity contribution in [3.63, 3.8) is 0 Å². The van der Waals surface area contributed by atoms with Crippen LogP contribution in [0, 0.1) is 0 Å². The number of nitrogens with two attached hydrogens (primary N) is 2. The number of nitrogens with one attached hydrogen (secondary N) is 1. The highest BCUT2D eigenvalue weighted by atomic mass is 32.1. The molecule has 0 radical (unpaired) electrons. The molecule has 0 saturated heterocycles. The summed E-state index contributed by atoms with van der Waals surface area (Å²) in [7, 11) is 1.56. The molecule has 1 aliphatic carbocycles. The molecule has 3 rings (SSSR count). The Hall–Kier alpha value is -3.14. The van der Waals surface area contributed by atoms with Crippen molar-refractivity contribution in [1.29, 1.82) is 0 Å². The van der Waals surface area contributed by atoms with Crippen molar-refractivity contribution in [3.8, 4) is 5.75 Å². The molecule has 178 valence electrons. The van der Waals surface area contributed by atoms with Gasteiger partial charge in [0.1, 0.15) is 16.7 Å². The molecule has 10 heteroatoms. The third-order valence-corrected chi connectivity index (χ3v) is 6.72. The first-order valence-electron chi connectivity index (χ1n) is 11.2. The molecule has 0 spiro atoms. The molecule has 1 aromatic carbocycles. The van der Waals surface area contributed by atoms with Crippen molar-refractivity contribution >= 4 is 40.6 Å². The lowest BCUT2D eigenvalue weighted by Crippen LogP contribution is -2.51. The van der Waals surface area contributed by atoms with Crippen LogP contribution >= 0.6 is 11.5 Å². The fraction of sp³-hybridized carbons (Fsp3) is 0.478. The first kappa shape index (κ1) is 24.5. The van der Waals surface area contributed by atoms with Crippen LogP contribution in [0.1, 0.15) is 72.0 Å². The first-order valence-corrected chi connectivity index (χ1v) is 12.0. The minimum Gasteiger partial charge on any atom is -0.497 e. The number of nitrogen functional groups attached to an aromatic ring is 1. The van der Waals surface area contributed by atoms with Crippen LogP contribution in [0.15, 0.2) is 24.3 Å². The van der Waals surface area contributed by atoms with Gasteiger partial charge in [-0.15, -0.1) is 0 Å². The highest BCUT2D eigenvalue weighted by molar-refractivity contribution is 7.09. The van der Waals surface area contributed by atoms with E-state index in [-0.39, 0.29) is 28.2 Å². The number of methoxy groups -OCH3 is 1. The van der Waals surface area contributed by atoms with E-state index in [4.69, 9.17) is 16.2 Å². The lowest BCUT2D eigenvalue weighted by atomic mass is 10.0. The molecule has 1 fully saturated rings. The Bertz CT molecular complexity index is 985. The topological polar surface area (TPSA) is 141 Å². The first-order chi connectivity index (χ1) is 15.9. The molecule has 1 aromatic heterocycles. The molecule has 33 heavy (non-hydrogen) atoms. The third kappa shape index (κ3) is 5.62. The van der Waals surface area contributed by atoms with Crippen LogP contribution in [0.5, 0.6) is 5.75 Å². The zero-order valence-electron chi connectivity index (χ0n) is 19.0. The summed E-state index contributed by atoms with van der Waals surface area (Å²) < 4.78 is 9.21. The predicted molar refractivity (Wildman–Crippen MR) is 129 cm³/mol. The zero-order valence-corrected chi connectivity index (χ0v) is 19.8. The van der Waals surface area contributed by atoms with Gasteiger partial charge in [-0.2, -0.15) is 4.37 Å². The van der Waals surface area contributed by atoms with E-state index in [1.165, 1.54) is 4.90 Å². The molecule has 9 nitrogen and oxygen atoms in total. The standard InChI is InChI=1S/C23H31N5O4S/c1-3-4-9-17(22(30)26-14-7-5-6-8-14)28(15-10-12-16(32-2)13-11-15)23(31)20-18(24)19(21(25)29)27-33-20/h10-14,17H,3-9,24H2,1-2H3,(H2,25,29)(H,26,30)/t17-/m0/s1. The number of nitrogens with zero attached hydrogens (tertiary/aromatic N) is 2. The van der Waals surface area contributed by atoms with Crippen molar-refractivity contribution in [2.45, 2.75) is 64.0 Å². The summed E-state index contributed by atoms with van der Waals surface area (Å²) in [6.07, 6.45) is 6.14. The van der Waals surface area contributed by atoms with Gasteiger partial charge in [0, 0.05) is 11.7 Å². The van der Waals surface area contributed by atoms with Crippen LogP contribution in [0.4, 0.5) is 11.4 Å². The Kier molecular flexibility index (Phi) is 8.26. The number of hydrogen-bond acceptors (Lipinski definition) is 7. The van der Waals surface area contributed by atoms with Crippen LogP contribution in [0.25, 0.3) is 0 Å². The number of hydrogen-bond donors (Lipinski definition) is 3. The maximum Gasteiger partial charge on any atom is 0.272 e. The molecular formula is C23H31N5O4S. The summed E-state index contributed by atoms with van der Waals surface area (Å²) in [6.45, 7) is 2.03. The van der Waals surface area contributed by atoms with E-state index in [1.807, 2.05) is 6.92 Å². The highest BCUT2D eigenvalue weighted by Crippen LogP contribution is 2.30. The molecule has 0 bridgehead atoms. The fourth-order valence-corrected chi connectivity index (χ4v) is 4.80. The lowest BCUT2D eigenvalue weighted by molar-refractivity contribution is -0.123. The second kappa shape index (κ2) is 11.1. The van der Waals surface area contributed by atoms with Crippen LogP contribution in [0.2, 0.25) is 0 Å². The van der Waals surface area contributed by atoms with E-state index >= 15 is 0 Å². The van der Waals surface area contributed by atoms with Gasteiger partial charge in [-0.3, -0.25) is 19.3 Å². The molecule has 1 heterocycles. The Balaban J connectivity index is 2.02. The van der Waals surface area contributed by atoms with Gasteiger partial charge in [-0.1, -0.05) is 32.6 Å². The molecule has 2 aromatic rings. The normalized spacial score (nSPS) is 14.6. The van der Waals surface area contributed by atoms with E-state index in [2.05, 4.69) is 9.69 Å². The van der Waals surface area contributed by atoms with Crippen molar-refractivity contribution in [1.82, 2.24) is 9.69 Å². The van der Waals surface area contributed by atoms with Gasteiger partial charge in [-0.05, 0) is 55.1 Å². The number of amides is 3. The number of primary amides is 1. The molecule has 5 N–H and O–H groups in total. The molecule has 3 amide bonds. The van der Waals surface area contributed by atoms with Gasteiger partial charge in [0.25, 0.3) is 11.8 Å². The summed E-state index contributed by atoms with van der Waals surface area (Å²) in [4.78, 5) is 40.3. The minimum absolute atomic E-state index is 0.0681. The number of anilines is 2. The summed E-state index contributed by atoms with van der Waals surface area (Å²) in [6, 6.07) is 6.28. The number of carbonyl (C=O) groups is 3. The average molecular weight is 474 g/mol. The number of ether oxygens (including phenoxy) is 1.